The van der Waals surface area contributed by atoms with Gasteiger partial charge in [0.05, 0.1) is 18.1 Å². The van der Waals surface area contributed by atoms with E-state index >= 15 is 0 Å². The minimum Gasteiger partial charge on any atom is -0.471 e. The Morgan fingerprint density at radius 3 is 2.86 bits per heavy atom. The van der Waals surface area contributed by atoms with Crippen LogP contribution in [0.3, 0.4) is 0 Å². The van der Waals surface area contributed by atoms with Crippen LogP contribution in [0, 0.1) is 0 Å². The Morgan fingerprint density at radius 2 is 2.14 bits per heavy atom. The first-order valence-corrected chi connectivity index (χ1v) is 7.87. The first-order valence-electron chi connectivity index (χ1n) is 6.67. The zero-order valence-electron chi connectivity index (χ0n) is 11.3. The third-order valence-electron chi connectivity index (χ3n) is 2.98. The van der Waals surface area contributed by atoms with Gasteiger partial charge in [0.15, 0.2) is 11.8 Å². The van der Waals surface area contributed by atoms with Gasteiger partial charge in [0.2, 0.25) is 0 Å². The molecule has 1 saturated carbocycles. The molecule has 2 N–H and O–H groups in total. The molecule has 110 valence electrons. The SMILES string of the molecule is S=C(Nc1cnn(COc2ccc(Br)cc2)c1)NC1CC1. The van der Waals surface area contributed by atoms with Crippen molar-refractivity contribution in [1.82, 2.24) is 15.1 Å². The molecule has 0 spiro atoms. The molecule has 7 heteroatoms. The molecule has 0 bridgehead atoms. The minimum atomic E-state index is 0.353. The number of nitrogens with zero attached hydrogens (tertiary/aromatic N) is 2. The maximum atomic E-state index is 5.64. The van der Waals surface area contributed by atoms with E-state index in [1.165, 1.54) is 12.8 Å². The van der Waals surface area contributed by atoms with Gasteiger partial charge < -0.3 is 15.4 Å². The van der Waals surface area contributed by atoms with Crippen molar-refractivity contribution in [2.75, 3.05) is 5.32 Å². The number of nitrogens with one attached hydrogen (secondary N) is 2. The summed E-state index contributed by atoms with van der Waals surface area (Å²) in [6.45, 7) is 0.353. The van der Waals surface area contributed by atoms with E-state index < -0.39 is 0 Å². The molecule has 3 rings (SSSR count). The van der Waals surface area contributed by atoms with Crippen molar-refractivity contribution in [3.8, 4) is 5.75 Å². The number of thiocarbonyl (C=S) groups is 1. The van der Waals surface area contributed by atoms with Crippen molar-refractivity contribution in [2.24, 2.45) is 0 Å². The number of anilines is 1. The van der Waals surface area contributed by atoms with E-state index in [2.05, 4.69) is 31.7 Å². The summed E-state index contributed by atoms with van der Waals surface area (Å²) in [6.07, 6.45) is 5.98. The average Bonchev–Trinajstić information content (AvgIpc) is 3.16. The number of hydrogen-bond acceptors (Lipinski definition) is 3. The van der Waals surface area contributed by atoms with Crippen LogP contribution in [0.1, 0.15) is 12.8 Å². The van der Waals surface area contributed by atoms with Crippen LogP contribution in [0.15, 0.2) is 41.1 Å². The van der Waals surface area contributed by atoms with E-state index in [-0.39, 0.29) is 0 Å². The van der Waals surface area contributed by atoms with Crippen LogP contribution in [-0.4, -0.2) is 20.9 Å². The summed E-state index contributed by atoms with van der Waals surface area (Å²) < 4.78 is 8.38. The smallest absolute Gasteiger partial charge is 0.180 e. The van der Waals surface area contributed by atoms with Crippen molar-refractivity contribution in [2.45, 2.75) is 25.6 Å². The van der Waals surface area contributed by atoms with E-state index in [9.17, 15) is 0 Å². The highest BCUT2D eigenvalue weighted by Crippen LogP contribution is 2.19. The molecule has 1 aromatic carbocycles. The summed E-state index contributed by atoms with van der Waals surface area (Å²) in [5.74, 6) is 0.800. The quantitative estimate of drug-likeness (QED) is 0.796. The molecule has 1 fully saturated rings. The highest BCUT2D eigenvalue weighted by atomic mass is 79.9. The van der Waals surface area contributed by atoms with Crippen LogP contribution in [0.4, 0.5) is 5.69 Å². The van der Waals surface area contributed by atoms with E-state index in [1.54, 1.807) is 10.9 Å². The molecule has 0 amide bonds. The molecule has 1 aliphatic carbocycles. The predicted octanol–water partition coefficient (Wildman–Crippen LogP) is 3.13. The second kappa shape index (κ2) is 6.44. The summed E-state index contributed by atoms with van der Waals surface area (Å²) >= 11 is 8.61. The number of aromatic nitrogens is 2. The number of benzene rings is 1. The van der Waals surface area contributed by atoms with Crippen LogP contribution in [0.5, 0.6) is 5.75 Å². The molecular formula is C14H15BrN4OS. The first-order chi connectivity index (χ1) is 10.2. The van der Waals surface area contributed by atoms with Crippen LogP contribution in [-0.2, 0) is 6.73 Å². The fourth-order valence-electron chi connectivity index (χ4n) is 1.75. The molecular weight excluding hydrogens is 352 g/mol. The third-order valence-corrected chi connectivity index (χ3v) is 3.73. The third kappa shape index (κ3) is 4.44. The van der Waals surface area contributed by atoms with Crippen molar-refractivity contribution >= 4 is 38.9 Å². The minimum absolute atomic E-state index is 0.353. The average molecular weight is 367 g/mol. The summed E-state index contributed by atoms with van der Waals surface area (Å²) in [7, 11) is 0. The Morgan fingerprint density at radius 1 is 1.38 bits per heavy atom. The molecule has 1 aliphatic rings. The van der Waals surface area contributed by atoms with Gasteiger partial charge in [-0.3, -0.25) is 0 Å². The van der Waals surface area contributed by atoms with Crippen molar-refractivity contribution in [3.63, 3.8) is 0 Å². The van der Waals surface area contributed by atoms with Crippen molar-refractivity contribution < 1.29 is 4.74 Å². The number of rotatable bonds is 5. The van der Waals surface area contributed by atoms with Gasteiger partial charge in [0, 0.05) is 10.5 Å². The Hall–Kier alpha value is -1.60. The molecule has 21 heavy (non-hydrogen) atoms. The number of ether oxygens (including phenoxy) is 1. The Bertz CT molecular complexity index is 624. The molecule has 0 saturated heterocycles. The number of hydrogen-bond donors (Lipinski definition) is 2. The molecule has 1 heterocycles. The normalized spacial score (nSPS) is 13.8. The molecule has 0 atom stereocenters. The lowest BCUT2D eigenvalue weighted by atomic mass is 10.3. The highest BCUT2D eigenvalue weighted by molar-refractivity contribution is 9.10. The van der Waals surface area contributed by atoms with Crippen molar-refractivity contribution in [1.29, 1.82) is 0 Å². The Balaban J connectivity index is 1.49. The van der Waals surface area contributed by atoms with Crippen LogP contribution in [0.25, 0.3) is 0 Å². The van der Waals surface area contributed by atoms with Crippen LogP contribution >= 0.6 is 28.1 Å². The molecule has 5 nitrogen and oxygen atoms in total. The first kappa shape index (κ1) is 14.3. The van der Waals surface area contributed by atoms with E-state index in [4.69, 9.17) is 17.0 Å². The van der Waals surface area contributed by atoms with Gasteiger partial charge in [0.1, 0.15) is 5.75 Å². The van der Waals surface area contributed by atoms with Gasteiger partial charge in [-0.15, -0.1) is 0 Å². The summed E-state index contributed by atoms with van der Waals surface area (Å²) in [4.78, 5) is 0. The summed E-state index contributed by atoms with van der Waals surface area (Å²) in [5.41, 5.74) is 0.854. The van der Waals surface area contributed by atoms with Gasteiger partial charge in [-0.2, -0.15) is 5.10 Å². The van der Waals surface area contributed by atoms with E-state index in [0.29, 0.717) is 17.9 Å². The molecule has 0 radical (unpaired) electrons. The maximum absolute atomic E-state index is 5.64. The zero-order valence-corrected chi connectivity index (χ0v) is 13.7. The molecule has 1 aromatic heterocycles. The van der Waals surface area contributed by atoms with E-state index in [0.717, 1.165) is 15.9 Å². The summed E-state index contributed by atoms with van der Waals surface area (Å²) in [5, 5.41) is 11.2. The van der Waals surface area contributed by atoms with E-state index in [1.807, 2.05) is 30.5 Å². The highest BCUT2D eigenvalue weighted by Gasteiger charge is 2.21. The fraction of sp³-hybridized carbons (Fsp3) is 0.286. The lowest BCUT2D eigenvalue weighted by Crippen LogP contribution is -2.29. The van der Waals surface area contributed by atoms with Crippen LogP contribution < -0.4 is 15.4 Å². The topological polar surface area (TPSA) is 51.1 Å². The molecule has 0 aliphatic heterocycles. The largest absolute Gasteiger partial charge is 0.471 e. The second-order valence-electron chi connectivity index (χ2n) is 4.87. The molecule has 0 unspecified atom stereocenters. The lowest BCUT2D eigenvalue weighted by molar-refractivity contribution is 0.221. The zero-order chi connectivity index (χ0) is 14.7. The van der Waals surface area contributed by atoms with Gasteiger partial charge >= 0.3 is 0 Å². The summed E-state index contributed by atoms with van der Waals surface area (Å²) in [6, 6.07) is 8.23. The van der Waals surface area contributed by atoms with Crippen molar-refractivity contribution in [3.05, 3.63) is 41.1 Å². The Labute approximate surface area is 136 Å². The van der Waals surface area contributed by atoms with Gasteiger partial charge in [-0.1, -0.05) is 15.9 Å². The molecule has 2 aromatic rings. The van der Waals surface area contributed by atoms with Gasteiger partial charge in [0.25, 0.3) is 0 Å². The lowest BCUT2D eigenvalue weighted by Gasteiger charge is -2.07. The monoisotopic (exact) mass is 366 g/mol. The predicted molar refractivity (Wildman–Crippen MR) is 89.4 cm³/mol. The van der Waals surface area contributed by atoms with Gasteiger partial charge in [-0.05, 0) is 49.3 Å². The standard InChI is InChI=1S/C14H15BrN4OS/c15-10-1-5-13(6-2-10)20-9-19-8-12(7-16-19)18-14(21)17-11-3-4-11/h1-2,5-8,11H,3-4,9H2,(H2,17,18,21). The fourth-order valence-corrected chi connectivity index (χ4v) is 2.30. The maximum Gasteiger partial charge on any atom is 0.180 e. The Kier molecular flexibility index (Phi) is 4.40. The second-order valence-corrected chi connectivity index (χ2v) is 6.19. The number of halogens is 1. The van der Waals surface area contributed by atoms with Gasteiger partial charge in [-0.25, -0.2) is 4.68 Å². The van der Waals surface area contributed by atoms with Crippen LogP contribution in [0.2, 0.25) is 0 Å².